The summed E-state index contributed by atoms with van der Waals surface area (Å²) in [5, 5.41) is 6.92. The summed E-state index contributed by atoms with van der Waals surface area (Å²) >= 11 is 1.06. The van der Waals surface area contributed by atoms with Gasteiger partial charge in [-0.25, -0.2) is 9.37 Å². The molecule has 3 aromatic rings. The monoisotopic (exact) mass is 345 g/mol. The van der Waals surface area contributed by atoms with Crippen LogP contribution in [0.5, 0.6) is 0 Å². The molecule has 0 fully saturated rings. The zero-order valence-corrected chi connectivity index (χ0v) is 14.0. The lowest BCUT2D eigenvalue weighted by Crippen LogP contribution is -2.31. The van der Waals surface area contributed by atoms with Gasteiger partial charge in [-0.2, -0.15) is 0 Å². The van der Waals surface area contributed by atoms with E-state index in [0.717, 1.165) is 17.1 Å². The molecule has 1 atom stereocenters. The van der Waals surface area contributed by atoms with Gasteiger partial charge in [0, 0.05) is 19.4 Å². The first-order valence-corrected chi connectivity index (χ1v) is 8.22. The van der Waals surface area contributed by atoms with E-state index in [1.165, 1.54) is 12.1 Å². The van der Waals surface area contributed by atoms with Crippen LogP contribution in [0.2, 0.25) is 0 Å². The van der Waals surface area contributed by atoms with Crippen LogP contribution in [-0.2, 0) is 13.5 Å². The number of rotatable bonds is 5. The summed E-state index contributed by atoms with van der Waals surface area (Å²) in [5.74, 6) is 0.0632. The van der Waals surface area contributed by atoms with E-state index in [-0.39, 0.29) is 11.7 Å². The highest BCUT2D eigenvalue weighted by Gasteiger charge is 2.24. The molecule has 0 spiro atoms. The number of carbonyl (C=O) groups excluding carboxylic acids is 1. The lowest BCUT2D eigenvalue weighted by atomic mass is 10.1. The van der Waals surface area contributed by atoms with Crippen LogP contribution in [0.3, 0.4) is 0 Å². The second-order valence-electron chi connectivity index (χ2n) is 5.26. The predicted octanol–water partition coefficient (Wildman–Crippen LogP) is 2.49. The summed E-state index contributed by atoms with van der Waals surface area (Å²) < 4.78 is 18.9. The molecule has 0 radical (unpaired) electrons. The molecule has 2 heterocycles. The molecule has 2 aromatic heterocycles. The molecule has 1 amide bonds. The topological polar surface area (TPSA) is 72.7 Å². The third-order valence-corrected chi connectivity index (χ3v) is 4.46. The van der Waals surface area contributed by atoms with Gasteiger partial charge in [0.25, 0.3) is 5.91 Å². The average molecular weight is 345 g/mol. The number of hydrogen-bond donors (Lipinski definition) is 1. The van der Waals surface area contributed by atoms with E-state index in [1.807, 2.05) is 18.5 Å². The Morgan fingerprint density at radius 2 is 2.12 bits per heavy atom. The van der Waals surface area contributed by atoms with Gasteiger partial charge in [0.2, 0.25) is 0 Å². The van der Waals surface area contributed by atoms with Crippen LogP contribution in [0.1, 0.15) is 39.7 Å². The number of benzene rings is 1. The minimum absolute atomic E-state index is 0.265. The highest BCUT2D eigenvalue weighted by atomic mass is 32.1. The van der Waals surface area contributed by atoms with Crippen molar-refractivity contribution in [3.8, 4) is 0 Å². The lowest BCUT2D eigenvalue weighted by Gasteiger charge is -2.19. The molecule has 1 N–H and O–H groups in total. The van der Waals surface area contributed by atoms with Crippen LogP contribution in [0.4, 0.5) is 4.39 Å². The van der Waals surface area contributed by atoms with Gasteiger partial charge in [-0.1, -0.05) is 23.5 Å². The predicted molar refractivity (Wildman–Crippen MR) is 88.2 cm³/mol. The van der Waals surface area contributed by atoms with Crippen LogP contribution < -0.4 is 5.32 Å². The van der Waals surface area contributed by atoms with E-state index < -0.39 is 6.04 Å². The summed E-state index contributed by atoms with van der Waals surface area (Å²) in [6.07, 6.45) is 4.08. The number of hydrogen-bond acceptors (Lipinski definition) is 5. The molecule has 24 heavy (non-hydrogen) atoms. The zero-order chi connectivity index (χ0) is 17.1. The highest BCUT2D eigenvalue weighted by Crippen LogP contribution is 2.22. The molecule has 124 valence electrons. The van der Waals surface area contributed by atoms with Crippen LogP contribution in [-0.4, -0.2) is 25.0 Å². The Balaban J connectivity index is 1.95. The fraction of sp³-hybridized carbons (Fsp3) is 0.250. The van der Waals surface area contributed by atoms with Crippen molar-refractivity contribution >= 4 is 17.4 Å². The molecule has 0 saturated heterocycles. The number of nitrogens with one attached hydrogen (secondary N) is 1. The van der Waals surface area contributed by atoms with Gasteiger partial charge in [0.1, 0.15) is 22.6 Å². The maximum atomic E-state index is 13.2. The van der Waals surface area contributed by atoms with E-state index in [1.54, 1.807) is 24.5 Å². The average Bonchev–Trinajstić information content (AvgIpc) is 3.22. The van der Waals surface area contributed by atoms with Crippen molar-refractivity contribution in [1.82, 2.24) is 24.5 Å². The highest BCUT2D eigenvalue weighted by molar-refractivity contribution is 7.08. The molecule has 0 aliphatic rings. The Labute approximate surface area is 142 Å². The van der Waals surface area contributed by atoms with Gasteiger partial charge >= 0.3 is 0 Å². The zero-order valence-electron chi connectivity index (χ0n) is 13.2. The fourth-order valence-electron chi connectivity index (χ4n) is 2.42. The van der Waals surface area contributed by atoms with Crippen LogP contribution >= 0.6 is 11.5 Å². The number of imidazole rings is 1. The molecule has 6 nitrogen and oxygen atoms in total. The molecule has 0 unspecified atom stereocenters. The van der Waals surface area contributed by atoms with Crippen molar-refractivity contribution in [3.05, 3.63) is 64.4 Å². The second-order valence-corrected chi connectivity index (χ2v) is 6.01. The first-order chi connectivity index (χ1) is 11.6. The SMILES string of the molecule is CCc1nnsc1C(=O)N[C@H](c1ccc(F)cc1)c1nccn1C. The van der Waals surface area contributed by atoms with Gasteiger partial charge in [-0.05, 0) is 35.6 Å². The Kier molecular flexibility index (Phi) is 4.66. The molecule has 8 heteroatoms. The normalized spacial score (nSPS) is 12.1. The molecular formula is C16H16FN5OS. The summed E-state index contributed by atoms with van der Waals surface area (Å²) in [6.45, 7) is 1.92. The third kappa shape index (κ3) is 3.18. The van der Waals surface area contributed by atoms with Crippen LogP contribution in [0.15, 0.2) is 36.7 Å². The van der Waals surface area contributed by atoms with Crippen molar-refractivity contribution < 1.29 is 9.18 Å². The number of aromatic nitrogens is 4. The summed E-state index contributed by atoms with van der Waals surface area (Å²) in [5.41, 5.74) is 1.41. The Hall–Kier alpha value is -2.61. The largest absolute Gasteiger partial charge is 0.337 e. The molecule has 0 aliphatic heterocycles. The number of nitrogens with zero attached hydrogens (tertiary/aromatic N) is 4. The quantitative estimate of drug-likeness (QED) is 0.771. The smallest absolute Gasteiger partial charge is 0.265 e. The molecule has 0 aliphatic carbocycles. The Bertz CT molecular complexity index is 842. The van der Waals surface area contributed by atoms with Gasteiger partial charge in [0.15, 0.2) is 0 Å². The standard InChI is InChI=1S/C16H16FN5OS/c1-3-12-14(24-21-20-12)16(23)19-13(15-18-8-9-22(15)2)10-4-6-11(17)7-5-10/h4-9,13H,3H2,1-2H3,(H,19,23)/t13-/m1/s1. The number of amides is 1. The molecule has 0 bridgehead atoms. The Morgan fingerprint density at radius 3 is 2.75 bits per heavy atom. The van der Waals surface area contributed by atoms with Crippen molar-refractivity contribution in [2.45, 2.75) is 19.4 Å². The van der Waals surface area contributed by atoms with Gasteiger partial charge in [-0.3, -0.25) is 4.79 Å². The van der Waals surface area contributed by atoms with E-state index in [4.69, 9.17) is 0 Å². The minimum atomic E-state index is -0.495. The molecule has 1 aromatic carbocycles. The lowest BCUT2D eigenvalue weighted by molar-refractivity contribution is 0.0944. The molecular weight excluding hydrogens is 329 g/mol. The molecule has 3 rings (SSSR count). The van der Waals surface area contributed by atoms with Crippen molar-refractivity contribution in [3.63, 3.8) is 0 Å². The van der Waals surface area contributed by atoms with E-state index in [9.17, 15) is 9.18 Å². The fourth-order valence-corrected chi connectivity index (χ4v) is 3.07. The van der Waals surface area contributed by atoms with Crippen LogP contribution in [0.25, 0.3) is 0 Å². The number of halogens is 1. The Morgan fingerprint density at radius 1 is 1.38 bits per heavy atom. The maximum Gasteiger partial charge on any atom is 0.265 e. The summed E-state index contributed by atoms with van der Waals surface area (Å²) in [7, 11) is 1.84. The second kappa shape index (κ2) is 6.88. The van der Waals surface area contributed by atoms with Crippen molar-refractivity contribution in [2.24, 2.45) is 7.05 Å². The van der Waals surface area contributed by atoms with E-state index >= 15 is 0 Å². The van der Waals surface area contributed by atoms with Crippen molar-refractivity contribution in [1.29, 1.82) is 0 Å². The first-order valence-electron chi connectivity index (χ1n) is 7.45. The summed E-state index contributed by atoms with van der Waals surface area (Å²) in [4.78, 5) is 17.5. The van der Waals surface area contributed by atoms with Gasteiger partial charge < -0.3 is 9.88 Å². The number of carbonyl (C=O) groups is 1. The maximum absolute atomic E-state index is 13.2. The third-order valence-electron chi connectivity index (χ3n) is 3.69. The first kappa shape index (κ1) is 16.3. The minimum Gasteiger partial charge on any atom is -0.337 e. The molecule has 0 saturated carbocycles. The van der Waals surface area contributed by atoms with Gasteiger partial charge in [0.05, 0.1) is 5.69 Å². The van der Waals surface area contributed by atoms with Gasteiger partial charge in [-0.15, -0.1) is 5.10 Å². The van der Waals surface area contributed by atoms with Crippen molar-refractivity contribution in [2.75, 3.05) is 0 Å². The summed E-state index contributed by atoms with van der Waals surface area (Å²) in [6, 6.07) is 5.51. The van der Waals surface area contributed by atoms with E-state index in [2.05, 4.69) is 19.9 Å². The van der Waals surface area contributed by atoms with E-state index in [0.29, 0.717) is 22.8 Å². The van der Waals surface area contributed by atoms with Crippen LogP contribution in [0, 0.1) is 5.82 Å². The number of aryl methyl sites for hydroxylation is 2.